The predicted octanol–water partition coefficient (Wildman–Crippen LogP) is 6.48. The SMILES string of the molecule is CO/N=C(/C(C)=O)c1ccc(OCCCOc2c(Cl)cc(OCC=C(Cl)Cl)cc2Cl)cc1. The largest absolute Gasteiger partial charge is 0.493 e. The smallest absolute Gasteiger partial charge is 0.182 e. The van der Waals surface area contributed by atoms with Crippen LogP contribution in [0.1, 0.15) is 18.9 Å². The van der Waals surface area contributed by atoms with Crippen molar-refractivity contribution in [2.45, 2.75) is 13.3 Å². The van der Waals surface area contributed by atoms with Crippen molar-refractivity contribution < 1.29 is 23.8 Å². The molecule has 0 aliphatic carbocycles. The highest BCUT2D eigenvalue weighted by Crippen LogP contribution is 2.37. The Kier molecular flexibility index (Phi) is 11.0. The molecule has 0 bridgehead atoms. The van der Waals surface area contributed by atoms with Crippen molar-refractivity contribution in [2.24, 2.45) is 5.16 Å². The Hall–Kier alpha value is -2.12. The second-order valence-electron chi connectivity index (χ2n) is 6.27. The van der Waals surface area contributed by atoms with Crippen LogP contribution in [0.2, 0.25) is 10.0 Å². The normalized spacial score (nSPS) is 11.0. The minimum absolute atomic E-state index is 0.112. The third-order valence-electron chi connectivity index (χ3n) is 3.91. The maximum atomic E-state index is 11.6. The van der Waals surface area contributed by atoms with E-state index in [1.807, 2.05) is 0 Å². The van der Waals surface area contributed by atoms with E-state index in [0.717, 1.165) is 0 Å². The summed E-state index contributed by atoms with van der Waals surface area (Å²) in [4.78, 5) is 16.3. The molecule has 0 aliphatic rings. The quantitative estimate of drug-likeness (QED) is 0.182. The van der Waals surface area contributed by atoms with Gasteiger partial charge in [0, 0.05) is 31.0 Å². The van der Waals surface area contributed by atoms with Crippen LogP contribution in [0.25, 0.3) is 0 Å². The summed E-state index contributed by atoms with van der Waals surface area (Å²) < 4.78 is 16.9. The minimum Gasteiger partial charge on any atom is -0.493 e. The topological polar surface area (TPSA) is 66.4 Å². The lowest BCUT2D eigenvalue weighted by Gasteiger charge is -2.12. The summed E-state index contributed by atoms with van der Waals surface area (Å²) in [7, 11) is 1.39. The fourth-order valence-corrected chi connectivity index (χ4v) is 3.20. The number of hydrogen-bond acceptors (Lipinski definition) is 6. The molecule has 0 aliphatic heterocycles. The highest BCUT2D eigenvalue weighted by atomic mass is 35.5. The van der Waals surface area contributed by atoms with Crippen molar-refractivity contribution >= 4 is 57.9 Å². The highest BCUT2D eigenvalue weighted by molar-refractivity contribution is 6.55. The van der Waals surface area contributed by atoms with Gasteiger partial charge in [0.15, 0.2) is 17.2 Å². The van der Waals surface area contributed by atoms with E-state index in [0.29, 0.717) is 52.5 Å². The van der Waals surface area contributed by atoms with Gasteiger partial charge < -0.3 is 19.0 Å². The second-order valence-corrected chi connectivity index (χ2v) is 8.10. The zero-order valence-electron chi connectivity index (χ0n) is 17.4. The molecule has 0 heterocycles. The van der Waals surface area contributed by atoms with E-state index in [9.17, 15) is 4.79 Å². The van der Waals surface area contributed by atoms with Gasteiger partial charge >= 0.3 is 0 Å². The summed E-state index contributed by atoms with van der Waals surface area (Å²) in [5.41, 5.74) is 0.894. The van der Waals surface area contributed by atoms with Crippen molar-refractivity contribution in [1.29, 1.82) is 0 Å². The number of halogens is 4. The van der Waals surface area contributed by atoms with Crippen molar-refractivity contribution in [2.75, 3.05) is 26.9 Å². The summed E-state index contributed by atoms with van der Waals surface area (Å²) >= 11 is 23.6. The molecule has 2 rings (SSSR count). The van der Waals surface area contributed by atoms with Crippen LogP contribution in [0, 0.1) is 0 Å². The molecule has 0 saturated carbocycles. The van der Waals surface area contributed by atoms with E-state index >= 15 is 0 Å². The lowest BCUT2D eigenvalue weighted by atomic mass is 10.1. The van der Waals surface area contributed by atoms with Crippen LogP contribution in [0.3, 0.4) is 0 Å². The Morgan fingerprint density at radius 3 is 2.16 bits per heavy atom. The molecule has 6 nitrogen and oxygen atoms in total. The van der Waals surface area contributed by atoms with Gasteiger partial charge in [-0.3, -0.25) is 4.79 Å². The molecule has 32 heavy (non-hydrogen) atoms. The molecule has 0 saturated heterocycles. The average molecular weight is 521 g/mol. The first-order valence-corrected chi connectivity index (χ1v) is 10.9. The lowest BCUT2D eigenvalue weighted by molar-refractivity contribution is -0.111. The number of rotatable bonds is 12. The van der Waals surface area contributed by atoms with Crippen LogP contribution in [-0.2, 0) is 9.63 Å². The summed E-state index contributed by atoms with van der Waals surface area (Å²) in [6.07, 6.45) is 2.09. The monoisotopic (exact) mass is 519 g/mol. The number of Topliss-reactive ketones (excluding diaryl/α,β-unsaturated/α-hetero) is 1. The Balaban J connectivity index is 1.82. The summed E-state index contributed by atoms with van der Waals surface area (Å²) in [6, 6.07) is 10.2. The molecule has 0 radical (unpaired) electrons. The van der Waals surface area contributed by atoms with Gasteiger partial charge in [-0.2, -0.15) is 0 Å². The van der Waals surface area contributed by atoms with Crippen LogP contribution in [0.15, 0.2) is 52.1 Å². The Bertz CT molecular complexity index is 950. The molecule has 0 spiro atoms. The van der Waals surface area contributed by atoms with Gasteiger partial charge in [-0.15, -0.1) is 0 Å². The molecule has 10 heteroatoms. The van der Waals surface area contributed by atoms with Crippen LogP contribution in [0.5, 0.6) is 17.2 Å². The number of oxime groups is 1. The fraction of sp³-hybridized carbons (Fsp3) is 0.273. The maximum Gasteiger partial charge on any atom is 0.182 e. The second kappa shape index (κ2) is 13.4. The van der Waals surface area contributed by atoms with Gasteiger partial charge in [-0.25, -0.2) is 0 Å². The number of hydrogen-bond donors (Lipinski definition) is 0. The lowest BCUT2D eigenvalue weighted by Crippen LogP contribution is -2.12. The van der Waals surface area contributed by atoms with Gasteiger partial charge in [0.25, 0.3) is 0 Å². The standard InChI is InChI=1S/C22H21Cl4NO5/c1-14(28)21(27-29-2)15-4-6-16(7-5-15)30-9-3-10-32-22-18(23)12-17(13-19(22)24)31-11-8-20(25)26/h4-8,12-13H,3,9-11H2,1-2H3/b27-21-. The molecule has 0 unspecified atom stereocenters. The number of nitrogens with zero attached hydrogens (tertiary/aromatic N) is 1. The third-order valence-corrected chi connectivity index (χ3v) is 4.78. The number of carbonyl (C=O) groups excluding carboxylic acids is 1. The number of carbonyl (C=O) groups is 1. The first-order chi connectivity index (χ1) is 15.3. The van der Waals surface area contributed by atoms with Gasteiger partial charge in [-0.05, 0) is 30.3 Å². The van der Waals surface area contributed by atoms with Gasteiger partial charge in [0.05, 0.1) is 23.3 Å². The Morgan fingerprint density at radius 2 is 1.59 bits per heavy atom. The van der Waals surface area contributed by atoms with Crippen molar-refractivity contribution in [3.8, 4) is 17.2 Å². The summed E-state index contributed by atoms with van der Waals surface area (Å²) in [5, 5.41) is 4.39. The van der Waals surface area contributed by atoms with Gasteiger partial charge in [0.2, 0.25) is 0 Å². The van der Waals surface area contributed by atoms with E-state index in [4.69, 9.17) is 65.5 Å². The molecule has 172 valence electrons. The van der Waals surface area contributed by atoms with E-state index < -0.39 is 0 Å². The Morgan fingerprint density at radius 1 is 0.969 bits per heavy atom. The van der Waals surface area contributed by atoms with E-state index in [1.165, 1.54) is 20.1 Å². The molecule has 0 aromatic heterocycles. The molecule has 0 amide bonds. The molecule has 0 fully saturated rings. The highest BCUT2D eigenvalue weighted by Gasteiger charge is 2.12. The molecule has 2 aromatic rings. The molecule has 0 atom stereocenters. The van der Waals surface area contributed by atoms with Crippen molar-refractivity contribution in [1.82, 2.24) is 0 Å². The number of benzene rings is 2. The van der Waals surface area contributed by atoms with Crippen molar-refractivity contribution in [3.05, 3.63) is 62.6 Å². The van der Waals surface area contributed by atoms with Crippen LogP contribution in [-0.4, -0.2) is 38.4 Å². The predicted molar refractivity (Wildman–Crippen MR) is 128 cm³/mol. The zero-order chi connectivity index (χ0) is 23.5. The summed E-state index contributed by atoms with van der Waals surface area (Å²) in [6.45, 7) is 2.36. The first-order valence-electron chi connectivity index (χ1n) is 9.43. The number of ketones is 1. The van der Waals surface area contributed by atoms with Crippen LogP contribution >= 0.6 is 46.4 Å². The Labute approximate surface area is 206 Å². The first kappa shape index (κ1) is 26.1. The fourth-order valence-electron chi connectivity index (χ4n) is 2.50. The molecule has 2 aromatic carbocycles. The molecular weight excluding hydrogens is 500 g/mol. The third kappa shape index (κ3) is 8.43. The van der Waals surface area contributed by atoms with E-state index in [2.05, 4.69) is 5.16 Å². The van der Waals surface area contributed by atoms with Crippen molar-refractivity contribution in [3.63, 3.8) is 0 Å². The molecule has 0 N–H and O–H groups in total. The van der Waals surface area contributed by atoms with Gasteiger partial charge in [-0.1, -0.05) is 51.6 Å². The minimum atomic E-state index is -0.189. The summed E-state index contributed by atoms with van der Waals surface area (Å²) in [5.74, 6) is 1.29. The molecular formula is C22H21Cl4NO5. The maximum absolute atomic E-state index is 11.6. The van der Waals surface area contributed by atoms with E-state index in [-0.39, 0.29) is 22.6 Å². The van der Waals surface area contributed by atoms with Crippen LogP contribution in [0.4, 0.5) is 0 Å². The number of ether oxygens (including phenoxy) is 3. The average Bonchev–Trinajstić information content (AvgIpc) is 2.73. The zero-order valence-corrected chi connectivity index (χ0v) is 20.4. The van der Waals surface area contributed by atoms with Crippen LogP contribution < -0.4 is 14.2 Å². The van der Waals surface area contributed by atoms with Gasteiger partial charge in [0.1, 0.15) is 29.7 Å². The van der Waals surface area contributed by atoms with E-state index in [1.54, 1.807) is 36.4 Å².